The number of thiophene rings is 1. The number of aromatic nitrogens is 4. The summed E-state index contributed by atoms with van der Waals surface area (Å²) in [5.74, 6) is 0.764. The molecule has 1 N–H and O–H groups in total. The lowest BCUT2D eigenvalue weighted by Gasteiger charge is -2.30. The first-order valence-corrected chi connectivity index (χ1v) is 8.79. The van der Waals surface area contributed by atoms with Gasteiger partial charge in [0, 0.05) is 10.9 Å². The quantitative estimate of drug-likeness (QED) is 0.914. The highest BCUT2D eigenvalue weighted by molar-refractivity contribution is 7.10. The third kappa shape index (κ3) is 3.91. The minimum Gasteiger partial charge on any atom is -0.388 e. The van der Waals surface area contributed by atoms with Crippen molar-refractivity contribution in [2.24, 2.45) is 7.05 Å². The summed E-state index contributed by atoms with van der Waals surface area (Å²) in [6.45, 7) is 1.76. The molecule has 0 amide bonds. The van der Waals surface area contributed by atoms with Crippen molar-refractivity contribution >= 4 is 11.3 Å². The number of tetrazole rings is 1. The zero-order valence-corrected chi connectivity index (χ0v) is 13.7. The van der Waals surface area contributed by atoms with Crippen molar-refractivity contribution in [3.05, 3.63) is 28.2 Å². The van der Waals surface area contributed by atoms with Crippen LogP contribution in [-0.2, 0) is 13.6 Å². The fourth-order valence-electron chi connectivity index (χ4n) is 3.13. The zero-order valence-electron chi connectivity index (χ0n) is 12.9. The number of likely N-dealkylation sites (tertiary alicyclic amines) is 1. The van der Waals surface area contributed by atoms with E-state index in [1.807, 2.05) is 17.5 Å². The second kappa shape index (κ2) is 7.30. The Morgan fingerprint density at radius 2 is 2.32 bits per heavy atom. The summed E-state index contributed by atoms with van der Waals surface area (Å²) in [5, 5.41) is 24.8. The number of aliphatic hydroxyl groups is 1. The number of aryl methyl sites for hydroxylation is 1. The third-order valence-electron chi connectivity index (χ3n) is 4.26. The molecule has 3 heterocycles. The van der Waals surface area contributed by atoms with Gasteiger partial charge in [0.1, 0.15) is 0 Å². The summed E-state index contributed by atoms with van der Waals surface area (Å²) >= 11 is 1.63. The van der Waals surface area contributed by atoms with Crippen molar-refractivity contribution < 1.29 is 5.11 Å². The van der Waals surface area contributed by atoms with Crippen molar-refractivity contribution in [1.29, 1.82) is 0 Å². The minimum absolute atomic E-state index is 0.375. The summed E-state index contributed by atoms with van der Waals surface area (Å²) in [5.41, 5.74) is 0. The maximum absolute atomic E-state index is 10.5. The highest BCUT2D eigenvalue weighted by atomic mass is 32.1. The molecule has 0 radical (unpaired) electrons. The lowest BCUT2D eigenvalue weighted by atomic mass is 10.0. The van der Waals surface area contributed by atoms with Gasteiger partial charge in [0.15, 0.2) is 5.82 Å². The van der Waals surface area contributed by atoms with Crippen molar-refractivity contribution in [1.82, 2.24) is 25.1 Å². The molecular formula is C15H23N5OS. The molecule has 0 aromatic carbocycles. The molecule has 2 aromatic heterocycles. The van der Waals surface area contributed by atoms with Gasteiger partial charge < -0.3 is 5.11 Å². The highest BCUT2D eigenvalue weighted by Crippen LogP contribution is 2.29. The van der Waals surface area contributed by atoms with Crippen LogP contribution in [0.15, 0.2) is 17.5 Å². The van der Waals surface area contributed by atoms with E-state index in [0.29, 0.717) is 6.04 Å². The van der Waals surface area contributed by atoms with E-state index < -0.39 is 0 Å². The molecule has 1 aliphatic heterocycles. The molecule has 3 rings (SSSR count). The molecule has 2 aromatic rings. The number of nitrogens with zero attached hydrogens (tertiary/aromatic N) is 5. The summed E-state index contributed by atoms with van der Waals surface area (Å²) < 4.78 is 0. The SMILES string of the molecule is Cn1nnc(CN2CCCCCC2CC(O)c2cccs2)n1. The van der Waals surface area contributed by atoms with Crippen LogP contribution in [0.4, 0.5) is 0 Å². The van der Waals surface area contributed by atoms with Gasteiger partial charge in [-0.15, -0.1) is 21.5 Å². The van der Waals surface area contributed by atoms with Crippen molar-refractivity contribution in [2.45, 2.75) is 50.8 Å². The van der Waals surface area contributed by atoms with Crippen LogP contribution in [0.3, 0.4) is 0 Å². The average Bonchev–Trinajstić information content (AvgIpc) is 3.12. The molecule has 1 fully saturated rings. The third-order valence-corrected chi connectivity index (χ3v) is 5.23. The van der Waals surface area contributed by atoms with Crippen molar-refractivity contribution in [3.63, 3.8) is 0 Å². The lowest BCUT2D eigenvalue weighted by molar-refractivity contribution is 0.0980. The lowest BCUT2D eigenvalue weighted by Crippen LogP contribution is -2.36. The Hall–Kier alpha value is -1.31. The number of aliphatic hydroxyl groups excluding tert-OH is 1. The fourth-order valence-corrected chi connectivity index (χ4v) is 3.86. The van der Waals surface area contributed by atoms with Crippen LogP contribution in [0.25, 0.3) is 0 Å². The summed E-state index contributed by atoms with van der Waals surface area (Å²) in [6.07, 6.45) is 5.22. The van der Waals surface area contributed by atoms with Gasteiger partial charge >= 0.3 is 0 Å². The van der Waals surface area contributed by atoms with Gasteiger partial charge in [-0.3, -0.25) is 4.90 Å². The standard InChI is InChI=1S/C15H23N5OS/c1-19-17-15(16-18-19)11-20-8-4-2-3-6-12(20)10-13(21)14-7-5-9-22-14/h5,7,9,12-13,21H,2-4,6,8,10-11H2,1H3. The monoisotopic (exact) mass is 321 g/mol. The molecule has 1 aliphatic rings. The van der Waals surface area contributed by atoms with Crippen LogP contribution in [0.5, 0.6) is 0 Å². The molecular weight excluding hydrogens is 298 g/mol. The van der Waals surface area contributed by atoms with Crippen LogP contribution < -0.4 is 0 Å². The molecule has 0 saturated carbocycles. The van der Waals surface area contributed by atoms with Crippen LogP contribution in [0.2, 0.25) is 0 Å². The van der Waals surface area contributed by atoms with E-state index in [1.165, 1.54) is 24.1 Å². The fraction of sp³-hybridized carbons (Fsp3) is 0.667. The van der Waals surface area contributed by atoms with Crippen LogP contribution in [0.1, 0.15) is 48.9 Å². The van der Waals surface area contributed by atoms with Gasteiger partial charge in [0.25, 0.3) is 0 Å². The molecule has 2 atom stereocenters. The Morgan fingerprint density at radius 3 is 3.05 bits per heavy atom. The second-order valence-corrected chi connectivity index (χ2v) is 6.91. The maximum atomic E-state index is 10.5. The molecule has 0 aliphatic carbocycles. The Labute approximate surface area is 134 Å². The van der Waals surface area contributed by atoms with E-state index in [1.54, 1.807) is 18.4 Å². The topological polar surface area (TPSA) is 67.1 Å². The molecule has 0 bridgehead atoms. The molecule has 2 unspecified atom stereocenters. The summed E-state index contributed by atoms with van der Waals surface area (Å²) in [7, 11) is 1.79. The summed E-state index contributed by atoms with van der Waals surface area (Å²) in [6, 6.07) is 4.39. The molecule has 0 spiro atoms. The van der Waals surface area contributed by atoms with Gasteiger partial charge in [-0.05, 0) is 42.5 Å². The highest BCUT2D eigenvalue weighted by Gasteiger charge is 2.25. The Balaban J connectivity index is 1.67. The number of rotatable bonds is 5. The first-order valence-electron chi connectivity index (χ1n) is 7.91. The van der Waals surface area contributed by atoms with E-state index in [2.05, 4.69) is 20.3 Å². The largest absolute Gasteiger partial charge is 0.388 e. The van der Waals surface area contributed by atoms with Gasteiger partial charge in [-0.2, -0.15) is 4.80 Å². The smallest absolute Gasteiger partial charge is 0.188 e. The van der Waals surface area contributed by atoms with Gasteiger partial charge in [0.05, 0.1) is 19.7 Å². The van der Waals surface area contributed by atoms with Crippen LogP contribution in [0, 0.1) is 0 Å². The number of hydrogen-bond acceptors (Lipinski definition) is 6. The maximum Gasteiger partial charge on any atom is 0.188 e. The van der Waals surface area contributed by atoms with Gasteiger partial charge in [-0.25, -0.2) is 0 Å². The predicted octanol–water partition coefficient (Wildman–Crippen LogP) is 2.14. The van der Waals surface area contributed by atoms with Crippen molar-refractivity contribution in [2.75, 3.05) is 6.54 Å². The molecule has 22 heavy (non-hydrogen) atoms. The normalized spacial score (nSPS) is 21.6. The predicted molar refractivity (Wildman–Crippen MR) is 85.4 cm³/mol. The Kier molecular flexibility index (Phi) is 5.17. The number of hydrogen-bond donors (Lipinski definition) is 1. The van der Waals surface area contributed by atoms with Gasteiger partial charge in [0.2, 0.25) is 0 Å². The van der Waals surface area contributed by atoms with Crippen molar-refractivity contribution in [3.8, 4) is 0 Å². The molecule has 1 saturated heterocycles. The molecule has 6 nitrogen and oxygen atoms in total. The first kappa shape index (κ1) is 15.6. The minimum atomic E-state index is -0.375. The summed E-state index contributed by atoms with van der Waals surface area (Å²) in [4.78, 5) is 4.98. The van der Waals surface area contributed by atoms with Gasteiger partial charge in [-0.1, -0.05) is 18.9 Å². The average molecular weight is 321 g/mol. The molecule has 120 valence electrons. The first-order chi connectivity index (χ1) is 10.7. The van der Waals surface area contributed by atoms with E-state index in [0.717, 1.165) is 36.6 Å². The zero-order chi connectivity index (χ0) is 15.4. The second-order valence-electron chi connectivity index (χ2n) is 5.94. The van der Waals surface area contributed by atoms with E-state index in [4.69, 9.17) is 0 Å². The Bertz CT molecular complexity index is 570. The van der Waals surface area contributed by atoms with E-state index >= 15 is 0 Å². The van der Waals surface area contributed by atoms with Crippen LogP contribution in [-0.4, -0.2) is 42.8 Å². The van der Waals surface area contributed by atoms with Crippen LogP contribution >= 0.6 is 11.3 Å². The molecule has 7 heteroatoms. The van der Waals surface area contributed by atoms with E-state index in [-0.39, 0.29) is 6.10 Å². The van der Waals surface area contributed by atoms with E-state index in [9.17, 15) is 5.11 Å². The Morgan fingerprint density at radius 1 is 1.41 bits per heavy atom.